The molecule has 30 heavy (non-hydrogen) atoms. The second-order valence-corrected chi connectivity index (χ2v) is 7.70. The van der Waals surface area contributed by atoms with Crippen molar-refractivity contribution in [1.29, 1.82) is 0 Å². The van der Waals surface area contributed by atoms with E-state index in [1.807, 2.05) is 19.1 Å². The molecule has 2 aromatic carbocycles. The largest absolute Gasteiger partial charge is 0.490 e. The number of ether oxygens (including phenoxy) is 2. The molecule has 1 fully saturated rings. The van der Waals surface area contributed by atoms with Gasteiger partial charge in [0, 0.05) is 0 Å². The van der Waals surface area contributed by atoms with E-state index in [0.29, 0.717) is 36.0 Å². The number of hydrogen-bond donors (Lipinski definition) is 1. The average molecular weight is 534 g/mol. The molecule has 0 radical (unpaired) electrons. The highest BCUT2D eigenvalue weighted by atomic mass is 127. The molecule has 0 atom stereocenters. The minimum atomic E-state index is -0.544. The molecule has 6 nitrogen and oxygen atoms in total. The molecule has 1 aliphatic heterocycles. The van der Waals surface area contributed by atoms with Crippen molar-refractivity contribution in [2.24, 2.45) is 0 Å². The standard InChI is InChI=1S/C22H19IN2O4S/c1-3-10-29-19-17(23)12-14(13-18(19)28-4-2)11-16-20(26)24-22(30)25(21(16)27)15-8-6-5-7-9-15/h3,5-9,11-13H,1,4,10H2,2H3,(H,24,26,30)/b16-11-. The van der Waals surface area contributed by atoms with Crippen LogP contribution in [0.3, 0.4) is 0 Å². The first-order chi connectivity index (χ1) is 14.5. The number of hydrogen-bond acceptors (Lipinski definition) is 5. The van der Waals surface area contributed by atoms with Crippen LogP contribution in [-0.2, 0) is 9.59 Å². The lowest BCUT2D eigenvalue weighted by molar-refractivity contribution is -0.122. The predicted octanol–water partition coefficient (Wildman–Crippen LogP) is 4.09. The fourth-order valence-corrected chi connectivity index (χ4v) is 3.91. The summed E-state index contributed by atoms with van der Waals surface area (Å²) in [4.78, 5) is 26.9. The highest BCUT2D eigenvalue weighted by molar-refractivity contribution is 14.1. The van der Waals surface area contributed by atoms with Crippen molar-refractivity contribution in [2.75, 3.05) is 18.1 Å². The lowest BCUT2D eigenvalue weighted by Gasteiger charge is -2.28. The monoisotopic (exact) mass is 534 g/mol. The van der Waals surface area contributed by atoms with Crippen molar-refractivity contribution in [3.05, 3.63) is 69.8 Å². The molecule has 0 unspecified atom stereocenters. The number of para-hydroxylation sites is 1. The smallest absolute Gasteiger partial charge is 0.270 e. The number of carbonyl (C=O) groups excluding carboxylic acids is 2. The van der Waals surface area contributed by atoms with E-state index in [1.54, 1.807) is 36.4 Å². The molecule has 1 saturated heterocycles. The van der Waals surface area contributed by atoms with E-state index >= 15 is 0 Å². The van der Waals surface area contributed by atoms with Gasteiger partial charge < -0.3 is 9.47 Å². The highest BCUT2D eigenvalue weighted by Crippen LogP contribution is 2.35. The zero-order chi connectivity index (χ0) is 21.7. The van der Waals surface area contributed by atoms with Crippen LogP contribution >= 0.6 is 34.8 Å². The Morgan fingerprint density at radius 1 is 1.20 bits per heavy atom. The Bertz CT molecular complexity index is 1040. The van der Waals surface area contributed by atoms with Gasteiger partial charge in [0.05, 0.1) is 15.9 Å². The van der Waals surface area contributed by atoms with Crippen molar-refractivity contribution < 1.29 is 19.1 Å². The van der Waals surface area contributed by atoms with Gasteiger partial charge in [-0.3, -0.25) is 19.8 Å². The van der Waals surface area contributed by atoms with Gasteiger partial charge >= 0.3 is 0 Å². The lowest BCUT2D eigenvalue weighted by atomic mass is 10.1. The van der Waals surface area contributed by atoms with Crippen LogP contribution in [0.15, 0.2) is 60.7 Å². The molecule has 0 aliphatic carbocycles. The summed E-state index contributed by atoms with van der Waals surface area (Å²) in [6, 6.07) is 12.5. The Morgan fingerprint density at radius 2 is 1.93 bits per heavy atom. The molecule has 2 aromatic rings. The molecule has 2 amide bonds. The van der Waals surface area contributed by atoms with E-state index in [9.17, 15) is 9.59 Å². The van der Waals surface area contributed by atoms with Crippen LogP contribution in [0.4, 0.5) is 5.69 Å². The molecule has 154 valence electrons. The topological polar surface area (TPSA) is 67.9 Å². The van der Waals surface area contributed by atoms with Gasteiger partial charge in [-0.1, -0.05) is 30.9 Å². The number of anilines is 1. The SMILES string of the molecule is C=CCOc1c(I)cc(/C=C2/C(=O)NC(=S)N(c3ccccc3)C2=O)cc1OCC. The quantitative estimate of drug-likeness (QED) is 0.191. The van der Waals surface area contributed by atoms with Crippen LogP contribution in [0.5, 0.6) is 11.5 Å². The fraction of sp³-hybridized carbons (Fsp3) is 0.136. The normalized spacial score (nSPS) is 15.2. The summed E-state index contributed by atoms with van der Waals surface area (Å²) in [5, 5.41) is 2.63. The molecule has 1 N–H and O–H groups in total. The maximum atomic E-state index is 13.1. The number of carbonyl (C=O) groups is 2. The second kappa shape index (κ2) is 9.86. The van der Waals surface area contributed by atoms with Gasteiger partial charge in [0.1, 0.15) is 12.2 Å². The third kappa shape index (κ3) is 4.71. The Labute approximate surface area is 193 Å². The lowest BCUT2D eigenvalue weighted by Crippen LogP contribution is -2.54. The zero-order valence-corrected chi connectivity index (χ0v) is 19.2. The summed E-state index contributed by atoms with van der Waals surface area (Å²) in [7, 11) is 0. The van der Waals surface area contributed by atoms with Gasteiger partial charge in [0.15, 0.2) is 16.6 Å². The van der Waals surface area contributed by atoms with E-state index in [0.717, 1.165) is 3.57 Å². The molecular weight excluding hydrogens is 515 g/mol. The molecule has 1 heterocycles. The summed E-state index contributed by atoms with van der Waals surface area (Å²) >= 11 is 7.34. The van der Waals surface area contributed by atoms with Crippen LogP contribution < -0.4 is 19.7 Å². The number of rotatable bonds is 7. The maximum absolute atomic E-state index is 13.1. The van der Waals surface area contributed by atoms with E-state index in [4.69, 9.17) is 21.7 Å². The zero-order valence-electron chi connectivity index (χ0n) is 16.2. The first-order valence-electron chi connectivity index (χ1n) is 9.12. The van der Waals surface area contributed by atoms with Crippen molar-refractivity contribution >= 4 is 63.5 Å². The Kier molecular flexibility index (Phi) is 7.22. The number of amides is 2. The molecule has 8 heteroatoms. The maximum Gasteiger partial charge on any atom is 0.270 e. The third-order valence-electron chi connectivity index (χ3n) is 4.10. The van der Waals surface area contributed by atoms with Crippen molar-refractivity contribution in [3.8, 4) is 11.5 Å². The Hall–Kier alpha value is -2.72. The van der Waals surface area contributed by atoms with Crippen LogP contribution in [0.2, 0.25) is 0 Å². The minimum Gasteiger partial charge on any atom is -0.490 e. The summed E-state index contributed by atoms with van der Waals surface area (Å²) in [6.45, 7) is 6.30. The van der Waals surface area contributed by atoms with Gasteiger partial charge in [-0.15, -0.1) is 0 Å². The highest BCUT2D eigenvalue weighted by Gasteiger charge is 2.34. The predicted molar refractivity (Wildman–Crippen MR) is 129 cm³/mol. The summed E-state index contributed by atoms with van der Waals surface area (Å²) in [6.07, 6.45) is 3.17. The summed E-state index contributed by atoms with van der Waals surface area (Å²) in [5.41, 5.74) is 1.19. The van der Waals surface area contributed by atoms with E-state index in [2.05, 4.69) is 34.5 Å². The van der Waals surface area contributed by atoms with Gasteiger partial charge in [-0.25, -0.2) is 0 Å². The second-order valence-electron chi connectivity index (χ2n) is 6.16. The summed E-state index contributed by atoms with van der Waals surface area (Å²) < 4.78 is 12.2. The average Bonchev–Trinajstić information content (AvgIpc) is 2.71. The molecule has 0 spiro atoms. The van der Waals surface area contributed by atoms with Crippen LogP contribution in [-0.4, -0.2) is 30.1 Å². The van der Waals surface area contributed by atoms with Gasteiger partial charge in [0.2, 0.25) is 0 Å². The third-order valence-corrected chi connectivity index (χ3v) is 5.19. The molecular formula is C22H19IN2O4S. The number of nitrogens with zero attached hydrogens (tertiary/aromatic N) is 1. The van der Waals surface area contributed by atoms with Crippen LogP contribution in [0, 0.1) is 3.57 Å². The molecule has 0 aromatic heterocycles. The van der Waals surface area contributed by atoms with Crippen molar-refractivity contribution in [1.82, 2.24) is 5.32 Å². The van der Waals surface area contributed by atoms with Crippen LogP contribution in [0.25, 0.3) is 6.08 Å². The van der Waals surface area contributed by atoms with Crippen LogP contribution in [0.1, 0.15) is 12.5 Å². The van der Waals surface area contributed by atoms with E-state index in [-0.39, 0.29) is 10.7 Å². The first kappa shape index (κ1) is 22.0. The molecule has 0 saturated carbocycles. The first-order valence-corrected chi connectivity index (χ1v) is 10.6. The number of halogens is 1. The molecule has 0 bridgehead atoms. The number of benzene rings is 2. The van der Waals surface area contributed by atoms with Crippen molar-refractivity contribution in [2.45, 2.75) is 6.92 Å². The Morgan fingerprint density at radius 3 is 2.60 bits per heavy atom. The van der Waals surface area contributed by atoms with Crippen molar-refractivity contribution in [3.63, 3.8) is 0 Å². The molecule has 3 rings (SSSR count). The van der Waals surface area contributed by atoms with Gasteiger partial charge in [-0.2, -0.15) is 0 Å². The van der Waals surface area contributed by atoms with Gasteiger partial charge in [-0.05, 0) is 77.6 Å². The van der Waals surface area contributed by atoms with E-state index in [1.165, 1.54) is 11.0 Å². The summed E-state index contributed by atoms with van der Waals surface area (Å²) in [5.74, 6) is 0.0789. The number of thiocarbonyl (C=S) groups is 1. The Balaban J connectivity index is 2.02. The minimum absolute atomic E-state index is 0.0227. The van der Waals surface area contributed by atoms with Gasteiger partial charge in [0.25, 0.3) is 11.8 Å². The number of nitrogens with one attached hydrogen (secondary N) is 1. The fourth-order valence-electron chi connectivity index (χ4n) is 2.85. The molecule has 1 aliphatic rings. The van der Waals surface area contributed by atoms with E-state index < -0.39 is 11.8 Å².